The number of carbonyl (C=O) groups is 1. The first-order valence-corrected chi connectivity index (χ1v) is 7.70. The molecule has 2 heterocycles. The summed E-state index contributed by atoms with van der Waals surface area (Å²) < 4.78 is 0. The molecule has 1 N–H and O–H groups in total. The number of hydrogen-bond acceptors (Lipinski definition) is 2. The van der Waals surface area contributed by atoms with E-state index in [0.29, 0.717) is 6.54 Å². The van der Waals surface area contributed by atoms with Gasteiger partial charge in [0, 0.05) is 42.5 Å². The summed E-state index contributed by atoms with van der Waals surface area (Å²) in [5.41, 5.74) is 2.81. The van der Waals surface area contributed by atoms with Crippen molar-refractivity contribution in [3.8, 4) is 0 Å². The fourth-order valence-corrected chi connectivity index (χ4v) is 3.12. The summed E-state index contributed by atoms with van der Waals surface area (Å²) in [6.07, 6.45) is 3.87. The molecule has 0 saturated carbocycles. The summed E-state index contributed by atoms with van der Waals surface area (Å²) in [6, 6.07) is 14.4. The minimum Gasteiger partial charge on any atom is -0.362 e. The number of Topliss-reactive ketones (excluding diaryl/α,β-unsaturated/α-hetero) is 1. The average Bonchev–Trinajstić information content (AvgIpc) is 2.98. The van der Waals surface area contributed by atoms with Crippen LogP contribution in [0.2, 0.25) is 0 Å². The highest BCUT2D eigenvalue weighted by Gasteiger charge is 2.37. The summed E-state index contributed by atoms with van der Waals surface area (Å²) in [4.78, 5) is 18.2. The van der Waals surface area contributed by atoms with Gasteiger partial charge in [-0.25, -0.2) is 0 Å². The van der Waals surface area contributed by atoms with Crippen molar-refractivity contribution >= 4 is 11.9 Å². The number of rotatable bonds is 3. The number of hydrogen-bond donors (Lipinski definition) is 1. The quantitative estimate of drug-likeness (QED) is 0.879. The van der Waals surface area contributed by atoms with E-state index in [2.05, 4.69) is 34.1 Å². The van der Waals surface area contributed by atoms with Crippen molar-refractivity contribution in [3.63, 3.8) is 0 Å². The Kier molecular flexibility index (Phi) is 3.99. The first-order valence-electron chi connectivity index (χ1n) is 7.70. The van der Waals surface area contributed by atoms with E-state index < -0.39 is 0 Å². The third-order valence-electron chi connectivity index (χ3n) is 4.12. The first-order chi connectivity index (χ1) is 10.5. The molecule has 1 saturated heterocycles. The third-order valence-corrected chi connectivity index (χ3v) is 4.12. The van der Waals surface area contributed by atoms with Crippen molar-refractivity contribution in [2.75, 3.05) is 13.1 Å². The number of aromatic amines is 1. The molecule has 3 rings (SSSR count). The van der Waals surface area contributed by atoms with Crippen LogP contribution >= 0.6 is 0 Å². The van der Waals surface area contributed by atoms with Crippen LogP contribution in [0.4, 0.5) is 0 Å². The van der Waals surface area contributed by atoms with Gasteiger partial charge in [0.25, 0.3) is 0 Å². The summed E-state index contributed by atoms with van der Waals surface area (Å²) in [7, 11) is 0. The van der Waals surface area contributed by atoms with Gasteiger partial charge in [-0.2, -0.15) is 0 Å². The lowest BCUT2D eigenvalue weighted by atomic mass is 9.79. The average molecular weight is 294 g/mol. The Morgan fingerprint density at radius 2 is 1.95 bits per heavy atom. The van der Waals surface area contributed by atoms with Crippen LogP contribution in [-0.2, 0) is 11.3 Å². The molecule has 2 aromatic rings. The number of likely N-dealkylation sites (tertiary alicyclic amines) is 1. The van der Waals surface area contributed by atoms with Crippen LogP contribution in [0, 0.1) is 5.41 Å². The lowest BCUT2D eigenvalue weighted by Gasteiger charge is -2.38. The van der Waals surface area contributed by atoms with Gasteiger partial charge >= 0.3 is 0 Å². The molecule has 0 radical (unpaired) electrons. The summed E-state index contributed by atoms with van der Waals surface area (Å²) in [5.74, 6) is 0.256. The van der Waals surface area contributed by atoms with Crippen LogP contribution in [-0.4, -0.2) is 28.8 Å². The predicted octanol–water partition coefficient (Wildman–Crippen LogP) is 3.51. The maximum atomic E-state index is 12.7. The van der Waals surface area contributed by atoms with Crippen LogP contribution in [0.25, 0.3) is 6.08 Å². The minimum absolute atomic E-state index is 0.256. The Bertz CT molecular complexity index is 669. The molecular weight excluding hydrogens is 272 g/mol. The van der Waals surface area contributed by atoms with E-state index in [1.54, 1.807) is 0 Å². The van der Waals surface area contributed by atoms with Gasteiger partial charge in [0.1, 0.15) is 0 Å². The van der Waals surface area contributed by atoms with E-state index in [0.717, 1.165) is 24.4 Å². The molecule has 114 valence electrons. The van der Waals surface area contributed by atoms with E-state index in [-0.39, 0.29) is 11.2 Å². The highest BCUT2D eigenvalue weighted by atomic mass is 16.1. The standard InChI is InChI=1S/C19H22N2O/c1-19(2)14-21(12-15-7-4-3-5-8-15)13-16(18(19)22)11-17-9-6-10-20-17/h3-11,20H,12-14H2,1-2H3. The molecule has 3 nitrogen and oxygen atoms in total. The number of carbonyl (C=O) groups excluding carboxylic acids is 1. The fraction of sp³-hybridized carbons (Fsp3) is 0.316. The molecule has 3 heteroatoms. The number of aromatic nitrogens is 1. The predicted molar refractivity (Wildman–Crippen MR) is 89.3 cm³/mol. The van der Waals surface area contributed by atoms with Crippen molar-refractivity contribution in [2.24, 2.45) is 5.41 Å². The number of piperidine rings is 1. The van der Waals surface area contributed by atoms with Gasteiger partial charge < -0.3 is 4.98 Å². The molecular formula is C19H22N2O. The van der Waals surface area contributed by atoms with E-state index in [9.17, 15) is 4.79 Å². The SMILES string of the molecule is CC1(C)CN(Cc2ccccc2)CC(=Cc2ccc[nH]2)C1=O. The van der Waals surface area contributed by atoms with Crippen molar-refractivity contribution in [1.82, 2.24) is 9.88 Å². The van der Waals surface area contributed by atoms with E-state index in [1.165, 1.54) is 5.56 Å². The van der Waals surface area contributed by atoms with Crippen LogP contribution in [0.3, 0.4) is 0 Å². The number of nitrogens with zero attached hydrogens (tertiary/aromatic N) is 1. The zero-order valence-electron chi connectivity index (χ0n) is 13.2. The van der Waals surface area contributed by atoms with Crippen molar-refractivity contribution in [2.45, 2.75) is 20.4 Å². The monoisotopic (exact) mass is 294 g/mol. The number of ketones is 1. The van der Waals surface area contributed by atoms with E-state index in [1.807, 2.05) is 44.3 Å². The second-order valence-electron chi connectivity index (χ2n) is 6.64. The molecule has 0 spiro atoms. The van der Waals surface area contributed by atoms with E-state index in [4.69, 9.17) is 0 Å². The maximum Gasteiger partial charge on any atom is 0.167 e. The first kappa shape index (κ1) is 14.8. The van der Waals surface area contributed by atoms with Gasteiger partial charge in [0.2, 0.25) is 0 Å². The Labute approximate surface area is 131 Å². The minimum atomic E-state index is -0.342. The molecule has 0 aliphatic carbocycles. The molecule has 0 atom stereocenters. The Balaban J connectivity index is 1.83. The van der Waals surface area contributed by atoms with Gasteiger partial charge in [0.15, 0.2) is 5.78 Å². The second kappa shape index (κ2) is 5.93. The van der Waals surface area contributed by atoms with Crippen LogP contribution in [0.5, 0.6) is 0 Å². The molecule has 1 aromatic heterocycles. The lowest BCUT2D eigenvalue weighted by Crippen LogP contribution is -2.47. The summed E-state index contributed by atoms with van der Waals surface area (Å²) >= 11 is 0. The molecule has 1 aliphatic heterocycles. The number of benzene rings is 1. The summed E-state index contributed by atoms with van der Waals surface area (Å²) in [6.45, 7) is 6.45. The Morgan fingerprint density at radius 1 is 1.18 bits per heavy atom. The largest absolute Gasteiger partial charge is 0.362 e. The fourth-order valence-electron chi connectivity index (χ4n) is 3.12. The molecule has 1 aromatic carbocycles. The summed E-state index contributed by atoms with van der Waals surface area (Å²) in [5, 5.41) is 0. The second-order valence-corrected chi connectivity index (χ2v) is 6.64. The van der Waals surface area contributed by atoms with Gasteiger partial charge in [-0.05, 0) is 23.8 Å². The van der Waals surface area contributed by atoms with Crippen LogP contribution in [0.15, 0.2) is 54.2 Å². The Hall–Kier alpha value is -2.13. The highest BCUT2D eigenvalue weighted by molar-refractivity contribution is 6.04. The molecule has 0 amide bonds. The van der Waals surface area contributed by atoms with Gasteiger partial charge in [-0.3, -0.25) is 9.69 Å². The number of nitrogens with one attached hydrogen (secondary N) is 1. The number of H-pyrrole nitrogens is 1. The lowest BCUT2D eigenvalue weighted by molar-refractivity contribution is -0.126. The van der Waals surface area contributed by atoms with Crippen molar-refractivity contribution in [1.29, 1.82) is 0 Å². The van der Waals surface area contributed by atoms with Crippen LogP contribution in [0.1, 0.15) is 25.1 Å². The van der Waals surface area contributed by atoms with Gasteiger partial charge in [-0.15, -0.1) is 0 Å². The smallest absolute Gasteiger partial charge is 0.167 e. The zero-order valence-corrected chi connectivity index (χ0v) is 13.2. The van der Waals surface area contributed by atoms with Gasteiger partial charge in [0.05, 0.1) is 0 Å². The molecule has 1 aliphatic rings. The normalized spacial score (nSPS) is 20.5. The van der Waals surface area contributed by atoms with E-state index >= 15 is 0 Å². The molecule has 22 heavy (non-hydrogen) atoms. The molecule has 0 bridgehead atoms. The van der Waals surface area contributed by atoms with Crippen molar-refractivity contribution in [3.05, 3.63) is 65.5 Å². The topological polar surface area (TPSA) is 36.1 Å². The van der Waals surface area contributed by atoms with Gasteiger partial charge in [-0.1, -0.05) is 44.2 Å². The Morgan fingerprint density at radius 3 is 2.64 bits per heavy atom. The zero-order chi connectivity index (χ0) is 15.6. The van der Waals surface area contributed by atoms with Crippen LogP contribution < -0.4 is 0 Å². The maximum absolute atomic E-state index is 12.7. The third kappa shape index (κ3) is 3.20. The molecule has 0 unspecified atom stereocenters. The molecule has 1 fully saturated rings. The highest BCUT2D eigenvalue weighted by Crippen LogP contribution is 2.30. The van der Waals surface area contributed by atoms with Crippen molar-refractivity contribution < 1.29 is 4.79 Å².